The minimum absolute atomic E-state index is 0.467. The first-order chi connectivity index (χ1) is 8.69. The molecule has 0 fully saturated rings. The van der Waals surface area contributed by atoms with Crippen LogP contribution in [0.4, 0.5) is 5.82 Å². The van der Waals surface area contributed by atoms with Crippen LogP contribution in [0.2, 0.25) is 0 Å². The van der Waals surface area contributed by atoms with Crippen LogP contribution in [0.15, 0.2) is 28.7 Å². The smallest absolute Gasteiger partial charge is 0.176 e. The number of aromatic amines is 1. The number of nitrogen functional groups attached to an aromatic ring is 1. The standard InChI is InChI=1S/C13H13N3O2/c1-7-5-9-8(10-6-12(14)16-15-10)3-4-11(17-2)13(9)18-7/h3-6H,1-2H3,(H3,14,15,16). The predicted molar refractivity (Wildman–Crippen MR) is 69.5 cm³/mol. The van der Waals surface area contributed by atoms with Crippen LogP contribution >= 0.6 is 0 Å². The molecular formula is C13H13N3O2. The second-order valence-electron chi connectivity index (χ2n) is 4.12. The van der Waals surface area contributed by atoms with E-state index in [0.717, 1.165) is 28.0 Å². The van der Waals surface area contributed by atoms with Crippen molar-refractivity contribution in [2.24, 2.45) is 0 Å². The van der Waals surface area contributed by atoms with E-state index in [1.165, 1.54) is 0 Å². The molecule has 92 valence electrons. The third-order valence-electron chi connectivity index (χ3n) is 2.88. The van der Waals surface area contributed by atoms with E-state index in [0.29, 0.717) is 11.6 Å². The lowest BCUT2D eigenvalue weighted by Gasteiger charge is -2.04. The van der Waals surface area contributed by atoms with Crippen LogP contribution in [0.3, 0.4) is 0 Å². The molecule has 0 saturated carbocycles. The van der Waals surface area contributed by atoms with E-state index in [2.05, 4.69) is 10.2 Å². The number of methoxy groups -OCH3 is 1. The van der Waals surface area contributed by atoms with E-state index in [-0.39, 0.29) is 0 Å². The molecule has 2 heterocycles. The van der Waals surface area contributed by atoms with E-state index in [4.69, 9.17) is 14.9 Å². The summed E-state index contributed by atoms with van der Waals surface area (Å²) in [7, 11) is 1.63. The van der Waals surface area contributed by atoms with Crippen molar-refractivity contribution < 1.29 is 9.15 Å². The molecule has 0 amide bonds. The number of aromatic nitrogens is 2. The maximum atomic E-state index is 5.67. The van der Waals surface area contributed by atoms with Gasteiger partial charge in [0.15, 0.2) is 11.3 Å². The van der Waals surface area contributed by atoms with Gasteiger partial charge in [0.1, 0.15) is 11.6 Å². The van der Waals surface area contributed by atoms with E-state index in [1.54, 1.807) is 13.2 Å². The average Bonchev–Trinajstić information content (AvgIpc) is 2.93. The van der Waals surface area contributed by atoms with Gasteiger partial charge < -0.3 is 14.9 Å². The minimum atomic E-state index is 0.467. The number of rotatable bonds is 2. The molecule has 5 nitrogen and oxygen atoms in total. The Morgan fingerprint density at radius 1 is 1.33 bits per heavy atom. The predicted octanol–water partition coefficient (Wildman–Crippen LogP) is 2.72. The van der Waals surface area contributed by atoms with Crippen molar-refractivity contribution in [1.82, 2.24) is 10.2 Å². The van der Waals surface area contributed by atoms with Gasteiger partial charge in [-0.05, 0) is 25.1 Å². The fourth-order valence-corrected chi connectivity index (χ4v) is 2.09. The van der Waals surface area contributed by atoms with Gasteiger partial charge in [0.05, 0.1) is 12.8 Å². The van der Waals surface area contributed by atoms with E-state index in [9.17, 15) is 0 Å². The van der Waals surface area contributed by atoms with Crippen LogP contribution in [0.25, 0.3) is 22.2 Å². The van der Waals surface area contributed by atoms with Gasteiger partial charge in [-0.2, -0.15) is 5.10 Å². The summed E-state index contributed by atoms with van der Waals surface area (Å²) >= 11 is 0. The first-order valence-corrected chi connectivity index (χ1v) is 5.57. The molecule has 0 atom stereocenters. The molecule has 0 aliphatic heterocycles. The monoisotopic (exact) mass is 243 g/mol. The second-order valence-corrected chi connectivity index (χ2v) is 4.12. The number of hydrogen-bond donors (Lipinski definition) is 2. The van der Waals surface area contributed by atoms with Crippen LogP contribution in [-0.4, -0.2) is 17.3 Å². The number of anilines is 1. The zero-order valence-corrected chi connectivity index (χ0v) is 10.2. The molecule has 3 rings (SSSR count). The Morgan fingerprint density at radius 2 is 2.17 bits per heavy atom. The van der Waals surface area contributed by atoms with Gasteiger partial charge in [-0.3, -0.25) is 5.10 Å². The highest BCUT2D eigenvalue weighted by Gasteiger charge is 2.13. The van der Waals surface area contributed by atoms with Gasteiger partial charge in [-0.1, -0.05) is 0 Å². The van der Waals surface area contributed by atoms with Crippen molar-refractivity contribution in [2.75, 3.05) is 12.8 Å². The maximum Gasteiger partial charge on any atom is 0.176 e. The van der Waals surface area contributed by atoms with Gasteiger partial charge in [0, 0.05) is 17.0 Å². The lowest BCUT2D eigenvalue weighted by Crippen LogP contribution is -1.85. The number of aryl methyl sites for hydroxylation is 1. The van der Waals surface area contributed by atoms with Gasteiger partial charge in [0.25, 0.3) is 0 Å². The topological polar surface area (TPSA) is 77.1 Å². The quantitative estimate of drug-likeness (QED) is 0.725. The number of fused-ring (bicyclic) bond motifs is 1. The zero-order valence-electron chi connectivity index (χ0n) is 10.2. The van der Waals surface area contributed by atoms with Crippen molar-refractivity contribution in [3.05, 3.63) is 30.0 Å². The Balaban J connectivity index is 2.30. The summed E-state index contributed by atoms with van der Waals surface area (Å²) in [6.07, 6.45) is 0. The summed E-state index contributed by atoms with van der Waals surface area (Å²) in [5.74, 6) is 2.02. The van der Waals surface area contributed by atoms with E-state index >= 15 is 0 Å². The molecule has 5 heteroatoms. The summed E-state index contributed by atoms with van der Waals surface area (Å²) in [5, 5.41) is 7.83. The summed E-state index contributed by atoms with van der Waals surface area (Å²) in [6, 6.07) is 7.61. The first-order valence-electron chi connectivity index (χ1n) is 5.57. The summed E-state index contributed by atoms with van der Waals surface area (Å²) in [6.45, 7) is 1.91. The normalized spacial score (nSPS) is 11.0. The Kier molecular flexibility index (Phi) is 2.26. The molecule has 0 spiro atoms. The third-order valence-corrected chi connectivity index (χ3v) is 2.88. The third kappa shape index (κ3) is 1.52. The number of hydrogen-bond acceptors (Lipinski definition) is 4. The van der Waals surface area contributed by atoms with Gasteiger partial charge in [-0.25, -0.2) is 0 Å². The van der Waals surface area contributed by atoms with Crippen LogP contribution in [0.1, 0.15) is 5.76 Å². The number of nitrogens with one attached hydrogen (secondary N) is 1. The molecule has 18 heavy (non-hydrogen) atoms. The van der Waals surface area contributed by atoms with Gasteiger partial charge in [-0.15, -0.1) is 0 Å². The van der Waals surface area contributed by atoms with Crippen molar-refractivity contribution in [2.45, 2.75) is 6.92 Å². The van der Waals surface area contributed by atoms with Gasteiger partial charge >= 0.3 is 0 Å². The summed E-state index contributed by atoms with van der Waals surface area (Å²) in [5.41, 5.74) is 8.22. The van der Waals surface area contributed by atoms with Crippen LogP contribution < -0.4 is 10.5 Å². The number of nitrogens with two attached hydrogens (primary N) is 1. The largest absolute Gasteiger partial charge is 0.493 e. The molecule has 0 aliphatic rings. The molecule has 3 aromatic rings. The number of nitrogens with zero attached hydrogens (tertiary/aromatic N) is 1. The van der Waals surface area contributed by atoms with Gasteiger partial charge in [0.2, 0.25) is 0 Å². The molecule has 0 aliphatic carbocycles. The number of benzene rings is 1. The first kappa shape index (κ1) is 10.7. The molecule has 0 radical (unpaired) electrons. The fraction of sp³-hybridized carbons (Fsp3) is 0.154. The van der Waals surface area contributed by atoms with Crippen molar-refractivity contribution >= 4 is 16.8 Å². The van der Waals surface area contributed by atoms with E-state index < -0.39 is 0 Å². The number of furan rings is 1. The highest BCUT2D eigenvalue weighted by molar-refractivity contribution is 5.97. The number of ether oxygens (including phenoxy) is 1. The highest BCUT2D eigenvalue weighted by atomic mass is 16.5. The molecule has 0 saturated heterocycles. The maximum absolute atomic E-state index is 5.67. The molecular weight excluding hydrogens is 230 g/mol. The molecule has 3 N–H and O–H groups in total. The Bertz CT molecular complexity index is 712. The van der Waals surface area contributed by atoms with Crippen LogP contribution in [0, 0.1) is 6.92 Å². The molecule has 2 aromatic heterocycles. The Hall–Kier alpha value is -2.43. The van der Waals surface area contributed by atoms with E-state index in [1.807, 2.05) is 25.1 Å². The SMILES string of the molecule is COc1ccc(-c2cc(N)n[nH]2)c2cc(C)oc12. The molecule has 0 bridgehead atoms. The highest BCUT2D eigenvalue weighted by Crippen LogP contribution is 2.36. The van der Waals surface area contributed by atoms with Crippen LogP contribution in [0.5, 0.6) is 5.75 Å². The van der Waals surface area contributed by atoms with Crippen LogP contribution in [-0.2, 0) is 0 Å². The minimum Gasteiger partial charge on any atom is -0.493 e. The Morgan fingerprint density at radius 3 is 2.83 bits per heavy atom. The molecule has 1 aromatic carbocycles. The number of H-pyrrole nitrogens is 1. The lowest BCUT2D eigenvalue weighted by atomic mass is 10.1. The van der Waals surface area contributed by atoms with Crippen molar-refractivity contribution in [1.29, 1.82) is 0 Å². The average molecular weight is 243 g/mol. The van der Waals surface area contributed by atoms with Crippen molar-refractivity contribution in [3.8, 4) is 17.0 Å². The summed E-state index contributed by atoms with van der Waals surface area (Å²) in [4.78, 5) is 0. The lowest BCUT2D eigenvalue weighted by molar-refractivity contribution is 0.409. The zero-order chi connectivity index (χ0) is 12.7. The Labute approximate surface area is 104 Å². The fourth-order valence-electron chi connectivity index (χ4n) is 2.09. The van der Waals surface area contributed by atoms with Crippen molar-refractivity contribution in [3.63, 3.8) is 0 Å². The second kappa shape index (κ2) is 3.80. The molecule has 0 unspecified atom stereocenters. The summed E-state index contributed by atoms with van der Waals surface area (Å²) < 4.78 is 11.0.